The van der Waals surface area contributed by atoms with Gasteiger partial charge in [-0.05, 0) is 6.92 Å². The number of carbonyl (C=O) groups excluding carboxylic acids is 1. The molecule has 0 saturated carbocycles. The minimum absolute atomic E-state index is 0.128. The molecule has 1 rings (SSSR count). The van der Waals surface area contributed by atoms with E-state index in [4.69, 9.17) is 4.74 Å². The average Bonchev–Trinajstić information content (AvgIpc) is 2.49. The molecule has 90 valence electrons. The fraction of sp³-hybridized carbons (Fsp3) is 0.444. The minimum Gasteiger partial charge on any atom is -0.462 e. The van der Waals surface area contributed by atoms with Crippen molar-refractivity contribution in [1.82, 2.24) is 0 Å². The lowest BCUT2D eigenvalue weighted by Gasteiger charge is -2.12. The molecule has 0 aromatic heterocycles. The molecule has 7 heteroatoms. The predicted octanol–water partition coefficient (Wildman–Crippen LogP) is 2.60. The van der Waals surface area contributed by atoms with Crippen LogP contribution >= 0.6 is 11.8 Å². The van der Waals surface area contributed by atoms with Crippen LogP contribution in [0.3, 0.4) is 0 Å². The fourth-order valence-corrected chi connectivity index (χ4v) is 1.85. The van der Waals surface area contributed by atoms with Gasteiger partial charge in [0.2, 0.25) is 0 Å². The van der Waals surface area contributed by atoms with E-state index >= 15 is 0 Å². The molecule has 16 heavy (non-hydrogen) atoms. The van der Waals surface area contributed by atoms with E-state index in [1.807, 2.05) is 0 Å². The lowest BCUT2D eigenvalue weighted by molar-refractivity contribution is -0.150. The zero-order valence-corrected chi connectivity index (χ0v) is 9.20. The highest BCUT2D eigenvalue weighted by Gasteiger charge is 2.45. The minimum atomic E-state index is -4.79. The van der Waals surface area contributed by atoms with Crippen LogP contribution in [0.4, 0.5) is 13.2 Å². The first-order chi connectivity index (χ1) is 7.36. The molecule has 0 radical (unpaired) electrons. The van der Waals surface area contributed by atoms with Crippen LogP contribution in [0.15, 0.2) is 23.0 Å². The van der Waals surface area contributed by atoms with Crippen LogP contribution < -0.4 is 0 Å². The zero-order valence-electron chi connectivity index (χ0n) is 8.39. The first-order valence-corrected chi connectivity index (χ1v) is 5.31. The molecule has 0 spiro atoms. The van der Waals surface area contributed by atoms with Gasteiger partial charge in [-0.1, -0.05) is 18.3 Å². The number of ether oxygens (including phenoxy) is 2. The molecule has 0 bridgehead atoms. The van der Waals surface area contributed by atoms with Crippen molar-refractivity contribution >= 4 is 17.7 Å². The third-order valence-electron chi connectivity index (χ3n) is 1.57. The largest absolute Gasteiger partial charge is 0.462 e. The van der Waals surface area contributed by atoms with Crippen LogP contribution in [-0.2, 0) is 14.3 Å². The van der Waals surface area contributed by atoms with E-state index in [2.05, 4.69) is 11.3 Å². The Labute approximate surface area is 94.3 Å². The van der Waals surface area contributed by atoms with Crippen molar-refractivity contribution in [1.29, 1.82) is 0 Å². The molecule has 0 unspecified atom stereocenters. The van der Waals surface area contributed by atoms with E-state index in [0.29, 0.717) is 0 Å². The molecule has 0 aromatic carbocycles. The van der Waals surface area contributed by atoms with E-state index in [1.54, 1.807) is 0 Å². The van der Waals surface area contributed by atoms with E-state index in [1.165, 1.54) is 6.92 Å². The Balaban J connectivity index is 3.05. The summed E-state index contributed by atoms with van der Waals surface area (Å²) in [5.74, 6) is -1.04. The van der Waals surface area contributed by atoms with Crippen LogP contribution in [0, 0.1) is 0 Å². The Kier molecular flexibility index (Phi) is 3.90. The highest BCUT2D eigenvalue weighted by atomic mass is 32.2. The Hall–Kier alpha value is -1.11. The van der Waals surface area contributed by atoms with Gasteiger partial charge in [-0.3, -0.25) is 0 Å². The molecule has 0 aliphatic carbocycles. The molecule has 1 aliphatic rings. The van der Waals surface area contributed by atoms with Crippen molar-refractivity contribution in [3.63, 3.8) is 0 Å². The van der Waals surface area contributed by atoms with Crippen molar-refractivity contribution < 1.29 is 27.4 Å². The van der Waals surface area contributed by atoms with Crippen molar-refractivity contribution in [2.24, 2.45) is 0 Å². The number of carbonyl (C=O) groups is 1. The molecule has 1 aliphatic heterocycles. The van der Waals surface area contributed by atoms with Crippen LogP contribution in [0.5, 0.6) is 0 Å². The predicted molar refractivity (Wildman–Crippen MR) is 52.4 cm³/mol. The summed E-state index contributed by atoms with van der Waals surface area (Å²) in [5.41, 5.74) is -1.40. The van der Waals surface area contributed by atoms with Crippen molar-refractivity contribution in [3.8, 4) is 0 Å². The Morgan fingerprint density at radius 2 is 2.25 bits per heavy atom. The zero-order chi connectivity index (χ0) is 12.3. The molecule has 1 heterocycles. The molecule has 0 aromatic rings. The summed E-state index contributed by atoms with van der Waals surface area (Å²) in [4.78, 5) is 11.2. The van der Waals surface area contributed by atoms with E-state index < -0.39 is 22.8 Å². The summed E-state index contributed by atoms with van der Waals surface area (Å²) in [6, 6.07) is 0. The topological polar surface area (TPSA) is 35.5 Å². The van der Waals surface area contributed by atoms with Crippen LogP contribution in [0.25, 0.3) is 0 Å². The Bertz CT molecular complexity index is 346. The number of esters is 1. The first-order valence-electron chi connectivity index (χ1n) is 4.33. The van der Waals surface area contributed by atoms with Gasteiger partial charge in [0.25, 0.3) is 0 Å². The monoisotopic (exact) mass is 254 g/mol. The first kappa shape index (κ1) is 13.0. The van der Waals surface area contributed by atoms with Gasteiger partial charge in [0.15, 0.2) is 10.7 Å². The SMILES string of the molecule is C=C1CS/C(=C(\C(=O)OCC)C(F)(F)F)O1. The molecule has 3 nitrogen and oxygen atoms in total. The van der Waals surface area contributed by atoms with Gasteiger partial charge >= 0.3 is 12.1 Å². The van der Waals surface area contributed by atoms with Gasteiger partial charge in [-0.2, -0.15) is 13.2 Å². The summed E-state index contributed by atoms with van der Waals surface area (Å²) < 4.78 is 46.9. The molecule has 1 saturated heterocycles. The van der Waals surface area contributed by atoms with Crippen molar-refractivity contribution in [3.05, 3.63) is 23.0 Å². The lowest BCUT2D eigenvalue weighted by Crippen LogP contribution is -2.23. The van der Waals surface area contributed by atoms with Gasteiger partial charge in [0.05, 0.1) is 12.4 Å². The van der Waals surface area contributed by atoms with Gasteiger partial charge < -0.3 is 9.47 Å². The molecule has 0 N–H and O–H groups in total. The molecular formula is C9H9F3O3S. The normalized spacial score (nSPS) is 19.4. The second-order valence-corrected chi connectivity index (χ2v) is 3.76. The second-order valence-electron chi connectivity index (χ2n) is 2.81. The maximum Gasteiger partial charge on any atom is 0.427 e. The highest BCUT2D eigenvalue weighted by Crippen LogP contribution is 2.39. The van der Waals surface area contributed by atoms with E-state index in [0.717, 1.165) is 11.8 Å². The highest BCUT2D eigenvalue weighted by molar-refractivity contribution is 8.03. The van der Waals surface area contributed by atoms with E-state index in [-0.39, 0.29) is 18.1 Å². The maximum absolute atomic E-state index is 12.6. The molecular weight excluding hydrogens is 245 g/mol. The number of rotatable bonds is 2. The maximum atomic E-state index is 12.6. The molecule has 0 atom stereocenters. The third kappa shape index (κ3) is 2.94. The molecule has 1 fully saturated rings. The van der Waals surface area contributed by atoms with Gasteiger partial charge in [0.1, 0.15) is 5.76 Å². The summed E-state index contributed by atoms with van der Waals surface area (Å²) in [6.07, 6.45) is -4.79. The van der Waals surface area contributed by atoms with Crippen LogP contribution in [0.2, 0.25) is 0 Å². The van der Waals surface area contributed by atoms with Gasteiger partial charge in [-0.25, -0.2) is 4.79 Å². The second kappa shape index (κ2) is 4.82. The summed E-state index contributed by atoms with van der Waals surface area (Å²) in [6.45, 7) is 4.68. The summed E-state index contributed by atoms with van der Waals surface area (Å²) >= 11 is 0.777. The number of halogens is 3. The van der Waals surface area contributed by atoms with E-state index in [9.17, 15) is 18.0 Å². The molecule has 0 amide bonds. The Morgan fingerprint density at radius 1 is 1.62 bits per heavy atom. The summed E-state index contributed by atoms with van der Waals surface area (Å²) in [7, 11) is 0. The lowest BCUT2D eigenvalue weighted by atomic mass is 10.3. The third-order valence-corrected chi connectivity index (χ3v) is 2.58. The van der Waals surface area contributed by atoms with Crippen molar-refractivity contribution in [2.45, 2.75) is 13.1 Å². The smallest absolute Gasteiger partial charge is 0.427 e. The van der Waals surface area contributed by atoms with Gasteiger partial charge in [-0.15, -0.1) is 0 Å². The standard InChI is InChI=1S/C9H9F3O3S/c1-3-14-7(13)6(9(10,11)12)8-15-5(2)4-16-8/h2-4H2,1H3/b8-6+. The number of hydrogen-bond donors (Lipinski definition) is 0. The van der Waals surface area contributed by atoms with Gasteiger partial charge in [0, 0.05) is 0 Å². The number of thioether (sulfide) groups is 1. The summed E-state index contributed by atoms with van der Waals surface area (Å²) in [5, 5.41) is -0.490. The van der Waals surface area contributed by atoms with Crippen molar-refractivity contribution in [2.75, 3.05) is 12.4 Å². The van der Waals surface area contributed by atoms with Crippen LogP contribution in [0.1, 0.15) is 6.92 Å². The fourth-order valence-electron chi connectivity index (χ4n) is 0.977. The number of alkyl halides is 3. The quantitative estimate of drug-likeness (QED) is 0.560. The number of hydrogen-bond acceptors (Lipinski definition) is 4. The van der Waals surface area contributed by atoms with Crippen LogP contribution in [-0.4, -0.2) is 24.5 Å². The Morgan fingerprint density at radius 3 is 2.62 bits per heavy atom. The average molecular weight is 254 g/mol.